The third kappa shape index (κ3) is 3.91. The van der Waals surface area contributed by atoms with Crippen LogP contribution >= 0.6 is 11.3 Å². The quantitative estimate of drug-likeness (QED) is 0.375. The van der Waals surface area contributed by atoms with E-state index < -0.39 is 0 Å². The van der Waals surface area contributed by atoms with Gasteiger partial charge in [0, 0.05) is 35.4 Å². The van der Waals surface area contributed by atoms with Crippen molar-refractivity contribution in [3.8, 4) is 22.5 Å². The van der Waals surface area contributed by atoms with Crippen LogP contribution in [-0.2, 0) is 13.2 Å². The Morgan fingerprint density at radius 1 is 0.839 bits per heavy atom. The molecule has 5 rings (SSSR count). The predicted molar refractivity (Wildman–Crippen MR) is 126 cm³/mol. The molecule has 31 heavy (non-hydrogen) atoms. The number of rotatable bonds is 6. The van der Waals surface area contributed by atoms with E-state index in [9.17, 15) is 5.11 Å². The molecule has 3 aromatic heterocycles. The summed E-state index contributed by atoms with van der Waals surface area (Å²) >= 11 is 1.61. The summed E-state index contributed by atoms with van der Waals surface area (Å²) in [6.07, 6.45) is 3.52. The van der Waals surface area contributed by atoms with Gasteiger partial charge in [0.15, 0.2) is 5.82 Å². The fraction of sp³-hybridized carbons (Fsp3) is 0.0800. The molecule has 0 fully saturated rings. The largest absolute Gasteiger partial charge is 0.392 e. The van der Waals surface area contributed by atoms with Crippen LogP contribution in [0.4, 0.5) is 5.82 Å². The average molecular weight is 425 g/mol. The topological polar surface area (TPSA) is 70.9 Å². The molecule has 0 bridgehead atoms. The molecule has 6 heteroatoms. The number of fused-ring (bicyclic) bond motifs is 1. The van der Waals surface area contributed by atoms with Crippen LogP contribution in [0.5, 0.6) is 0 Å². The first-order valence-corrected chi connectivity index (χ1v) is 10.9. The van der Waals surface area contributed by atoms with Crippen molar-refractivity contribution in [3.05, 3.63) is 95.6 Å². The number of aromatic nitrogens is 3. The highest BCUT2D eigenvalue weighted by Crippen LogP contribution is 2.38. The molecule has 0 saturated carbocycles. The number of thiophene rings is 1. The lowest BCUT2D eigenvalue weighted by Crippen LogP contribution is -2.06. The van der Waals surface area contributed by atoms with Crippen LogP contribution in [0.3, 0.4) is 0 Å². The van der Waals surface area contributed by atoms with Crippen LogP contribution in [0, 0.1) is 0 Å². The van der Waals surface area contributed by atoms with Crippen LogP contribution in [-0.4, -0.2) is 20.1 Å². The van der Waals surface area contributed by atoms with Gasteiger partial charge in [0.25, 0.3) is 0 Å². The molecular weight excluding hydrogens is 404 g/mol. The standard InChI is InChI=1S/C25H20N4OS/c30-15-20-10-5-4-9-18(20)14-27-24-22-21(17-7-2-1-3-8-17)16-31-25(22)29-23(28-24)19-11-6-12-26-13-19/h1-13,16,30H,14-15H2,(H,27,28,29). The van der Waals surface area contributed by atoms with Crippen LogP contribution in [0.25, 0.3) is 32.7 Å². The number of hydrogen-bond acceptors (Lipinski definition) is 6. The molecule has 5 nitrogen and oxygen atoms in total. The fourth-order valence-corrected chi connectivity index (χ4v) is 4.53. The zero-order valence-corrected chi connectivity index (χ0v) is 17.5. The maximum absolute atomic E-state index is 9.68. The van der Waals surface area contributed by atoms with E-state index in [4.69, 9.17) is 9.97 Å². The van der Waals surface area contributed by atoms with Gasteiger partial charge in [0.05, 0.1) is 12.0 Å². The second-order valence-corrected chi connectivity index (χ2v) is 7.97. The first-order valence-electron chi connectivity index (χ1n) is 10.00. The molecule has 0 saturated heterocycles. The zero-order chi connectivity index (χ0) is 21.0. The fourth-order valence-electron chi connectivity index (χ4n) is 3.59. The highest BCUT2D eigenvalue weighted by molar-refractivity contribution is 7.17. The van der Waals surface area contributed by atoms with Crippen molar-refractivity contribution >= 4 is 27.4 Å². The molecule has 0 atom stereocenters. The summed E-state index contributed by atoms with van der Waals surface area (Å²) in [5.41, 5.74) is 5.05. The highest BCUT2D eigenvalue weighted by atomic mass is 32.1. The van der Waals surface area contributed by atoms with E-state index in [1.54, 1.807) is 23.7 Å². The van der Waals surface area contributed by atoms with E-state index in [1.807, 2.05) is 54.6 Å². The lowest BCUT2D eigenvalue weighted by Gasteiger charge is -2.13. The van der Waals surface area contributed by atoms with Crippen molar-refractivity contribution in [1.82, 2.24) is 15.0 Å². The third-order valence-electron chi connectivity index (χ3n) is 5.17. The highest BCUT2D eigenvalue weighted by Gasteiger charge is 2.16. The minimum Gasteiger partial charge on any atom is -0.392 e. The van der Waals surface area contributed by atoms with E-state index in [0.717, 1.165) is 43.9 Å². The summed E-state index contributed by atoms with van der Waals surface area (Å²) in [5, 5.41) is 16.3. The molecule has 5 aromatic rings. The monoisotopic (exact) mass is 424 g/mol. The van der Waals surface area contributed by atoms with Gasteiger partial charge in [0.1, 0.15) is 10.6 Å². The number of aliphatic hydroxyl groups is 1. The minimum atomic E-state index is 0.00564. The van der Waals surface area contributed by atoms with E-state index in [2.05, 4.69) is 27.8 Å². The molecule has 2 aromatic carbocycles. The number of aliphatic hydroxyl groups excluding tert-OH is 1. The number of nitrogens with zero attached hydrogens (tertiary/aromatic N) is 3. The second kappa shape index (κ2) is 8.63. The van der Waals surface area contributed by atoms with Gasteiger partial charge in [-0.25, -0.2) is 9.97 Å². The number of hydrogen-bond donors (Lipinski definition) is 2. The predicted octanol–water partition coefficient (Wildman–Crippen LogP) is 5.52. The molecule has 0 aliphatic heterocycles. The van der Waals surface area contributed by atoms with Gasteiger partial charge < -0.3 is 10.4 Å². The molecule has 0 amide bonds. The Kier molecular flexibility index (Phi) is 5.39. The molecular formula is C25H20N4OS. The molecule has 0 aliphatic rings. The molecule has 0 aliphatic carbocycles. The Morgan fingerprint density at radius 2 is 1.61 bits per heavy atom. The van der Waals surface area contributed by atoms with E-state index >= 15 is 0 Å². The molecule has 3 heterocycles. The number of benzene rings is 2. The van der Waals surface area contributed by atoms with Gasteiger partial charge in [-0.3, -0.25) is 4.98 Å². The van der Waals surface area contributed by atoms with Crippen LogP contribution in [0.2, 0.25) is 0 Å². The summed E-state index contributed by atoms with van der Waals surface area (Å²) in [6, 6.07) is 22.0. The normalized spacial score (nSPS) is 11.0. The van der Waals surface area contributed by atoms with Crippen molar-refractivity contribution in [1.29, 1.82) is 0 Å². The zero-order valence-electron chi connectivity index (χ0n) is 16.7. The van der Waals surface area contributed by atoms with Crippen molar-refractivity contribution < 1.29 is 5.11 Å². The Hall–Kier alpha value is -3.61. The second-order valence-electron chi connectivity index (χ2n) is 7.11. The van der Waals surface area contributed by atoms with Crippen molar-refractivity contribution in [2.24, 2.45) is 0 Å². The van der Waals surface area contributed by atoms with E-state index in [0.29, 0.717) is 12.4 Å². The third-order valence-corrected chi connectivity index (χ3v) is 6.05. The average Bonchev–Trinajstić information content (AvgIpc) is 3.28. The minimum absolute atomic E-state index is 0.00564. The maximum Gasteiger partial charge on any atom is 0.164 e. The Bertz CT molecular complexity index is 1320. The van der Waals surface area contributed by atoms with Gasteiger partial charge in [-0.05, 0) is 28.8 Å². The van der Waals surface area contributed by atoms with Gasteiger partial charge in [-0.15, -0.1) is 11.3 Å². The lowest BCUT2D eigenvalue weighted by molar-refractivity contribution is 0.280. The molecule has 0 radical (unpaired) electrons. The lowest BCUT2D eigenvalue weighted by atomic mass is 10.1. The van der Waals surface area contributed by atoms with Crippen LogP contribution in [0.15, 0.2) is 84.5 Å². The SMILES string of the molecule is OCc1ccccc1CNc1nc(-c2cccnc2)nc2scc(-c3ccccc3)c12. The Morgan fingerprint density at radius 3 is 2.39 bits per heavy atom. The number of pyridine rings is 1. The van der Waals surface area contributed by atoms with Crippen molar-refractivity contribution in [2.75, 3.05) is 5.32 Å². The van der Waals surface area contributed by atoms with Crippen molar-refractivity contribution in [2.45, 2.75) is 13.2 Å². The number of nitrogens with one attached hydrogen (secondary N) is 1. The summed E-state index contributed by atoms with van der Waals surface area (Å²) in [7, 11) is 0. The maximum atomic E-state index is 9.68. The Labute approximate surface area is 184 Å². The molecule has 0 unspecified atom stereocenters. The van der Waals surface area contributed by atoms with E-state index in [1.165, 1.54) is 0 Å². The van der Waals surface area contributed by atoms with Crippen LogP contribution in [0.1, 0.15) is 11.1 Å². The van der Waals surface area contributed by atoms with Crippen LogP contribution < -0.4 is 5.32 Å². The summed E-state index contributed by atoms with van der Waals surface area (Å²) in [4.78, 5) is 14.8. The van der Waals surface area contributed by atoms with Gasteiger partial charge >= 0.3 is 0 Å². The summed E-state index contributed by atoms with van der Waals surface area (Å²) < 4.78 is 0. The Balaban J connectivity index is 1.63. The first kappa shape index (κ1) is 19.4. The molecule has 0 spiro atoms. The van der Waals surface area contributed by atoms with Crippen molar-refractivity contribution in [3.63, 3.8) is 0 Å². The molecule has 2 N–H and O–H groups in total. The van der Waals surface area contributed by atoms with Gasteiger partial charge in [0.2, 0.25) is 0 Å². The smallest absolute Gasteiger partial charge is 0.164 e. The first-order chi connectivity index (χ1) is 15.3. The van der Waals surface area contributed by atoms with Gasteiger partial charge in [-0.2, -0.15) is 0 Å². The van der Waals surface area contributed by atoms with Gasteiger partial charge in [-0.1, -0.05) is 54.6 Å². The molecule has 152 valence electrons. The number of anilines is 1. The van der Waals surface area contributed by atoms with E-state index in [-0.39, 0.29) is 6.61 Å². The summed E-state index contributed by atoms with van der Waals surface area (Å²) in [6.45, 7) is 0.561. The summed E-state index contributed by atoms with van der Waals surface area (Å²) in [5.74, 6) is 1.41.